The zero-order valence-electron chi connectivity index (χ0n) is 15.3. The molecule has 0 spiro atoms. The van der Waals surface area contributed by atoms with Crippen molar-refractivity contribution in [2.45, 2.75) is 6.04 Å². The molecule has 3 aromatic rings. The molecule has 1 atom stereocenters. The van der Waals surface area contributed by atoms with E-state index in [1.807, 2.05) is 0 Å². The normalized spacial score (nSPS) is 15.4. The summed E-state index contributed by atoms with van der Waals surface area (Å²) < 4.78 is 16.6. The Bertz CT molecular complexity index is 1120. The minimum atomic E-state index is -0.914. The van der Waals surface area contributed by atoms with Gasteiger partial charge in [-0.1, -0.05) is 11.2 Å². The summed E-state index contributed by atoms with van der Waals surface area (Å²) in [5.74, 6) is -1.07. The summed E-state index contributed by atoms with van der Waals surface area (Å²) in [5.41, 5.74) is 0.388. The predicted molar refractivity (Wildman–Crippen MR) is 96.3 cm³/mol. The Morgan fingerprint density at radius 3 is 2.79 bits per heavy atom. The van der Waals surface area contributed by atoms with E-state index in [-0.39, 0.29) is 34.5 Å². The van der Waals surface area contributed by atoms with Crippen molar-refractivity contribution in [1.29, 1.82) is 0 Å². The minimum Gasteiger partial charge on any atom is -0.504 e. The Hall–Kier alpha value is -4.15. The van der Waals surface area contributed by atoms with E-state index in [0.717, 1.165) is 0 Å². The number of carbonyl (C=O) groups excluding carboxylic acids is 2. The highest BCUT2D eigenvalue weighted by molar-refractivity contribution is 6.13. The van der Waals surface area contributed by atoms with Crippen molar-refractivity contribution >= 4 is 17.7 Å². The molecule has 1 aliphatic rings. The number of nitrogens with zero attached hydrogens (tertiary/aromatic N) is 4. The average molecular weight is 397 g/mol. The van der Waals surface area contributed by atoms with E-state index in [2.05, 4.69) is 20.8 Å². The highest BCUT2D eigenvalue weighted by Crippen LogP contribution is 2.39. The Morgan fingerprint density at radius 1 is 1.28 bits per heavy atom. The molecule has 0 bridgehead atoms. The van der Waals surface area contributed by atoms with E-state index in [9.17, 15) is 14.7 Å². The van der Waals surface area contributed by atoms with Crippen molar-refractivity contribution in [2.24, 2.45) is 0 Å². The van der Waals surface area contributed by atoms with Gasteiger partial charge in [-0.05, 0) is 40.3 Å². The first-order chi connectivity index (χ1) is 14.0. The number of hydrogen-bond donors (Lipinski definition) is 2. The number of ether oxygens (including phenoxy) is 2. The fourth-order valence-corrected chi connectivity index (χ4v) is 3.10. The summed E-state index contributed by atoms with van der Waals surface area (Å²) in [6.07, 6.45) is 1.35. The van der Waals surface area contributed by atoms with E-state index >= 15 is 0 Å². The van der Waals surface area contributed by atoms with E-state index in [0.29, 0.717) is 5.56 Å². The topological polar surface area (TPSA) is 142 Å². The van der Waals surface area contributed by atoms with Crippen LogP contribution < -0.4 is 10.1 Å². The maximum absolute atomic E-state index is 13.3. The van der Waals surface area contributed by atoms with Crippen LogP contribution in [-0.4, -0.2) is 51.3 Å². The van der Waals surface area contributed by atoms with E-state index < -0.39 is 17.8 Å². The molecule has 2 N–H and O–H groups in total. The monoisotopic (exact) mass is 397 g/mol. The number of rotatable bonds is 5. The molecular weight excluding hydrogens is 382 g/mol. The molecule has 29 heavy (non-hydrogen) atoms. The molecule has 11 nitrogen and oxygen atoms in total. The van der Waals surface area contributed by atoms with Crippen LogP contribution in [-0.2, 0) is 9.53 Å². The number of benzene rings is 1. The molecule has 4 rings (SSSR count). The lowest BCUT2D eigenvalue weighted by Gasteiger charge is -2.27. The molecule has 0 saturated carbocycles. The summed E-state index contributed by atoms with van der Waals surface area (Å²) in [4.78, 5) is 25.7. The van der Waals surface area contributed by atoms with Gasteiger partial charge < -0.3 is 24.3 Å². The van der Waals surface area contributed by atoms with Gasteiger partial charge in [-0.2, -0.15) is 4.68 Å². The molecular formula is C18H15N5O6. The first-order valence-electron chi connectivity index (χ1n) is 8.37. The lowest BCUT2D eigenvalue weighted by molar-refractivity contribution is -0.136. The zero-order valence-corrected chi connectivity index (χ0v) is 15.3. The van der Waals surface area contributed by atoms with Gasteiger partial charge in [-0.3, -0.25) is 4.79 Å². The number of carbonyl (C=O) groups is 2. The summed E-state index contributed by atoms with van der Waals surface area (Å²) in [7, 11) is 2.59. The fourth-order valence-electron chi connectivity index (χ4n) is 3.10. The molecule has 1 aromatic carbocycles. The van der Waals surface area contributed by atoms with Crippen LogP contribution in [0, 0.1) is 0 Å². The number of tetrazole rings is 1. The Morgan fingerprint density at radius 2 is 2.10 bits per heavy atom. The predicted octanol–water partition coefficient (Wildman–Crippen LogP) is 1.31. The number of fused-ring (bicyclic) bond motifs is 1. The smallest absolute Gasteiger partial charge is 0.355 e. The van der Waals surface area contributed by atoms with Crippen LogP contribution in [0.1, 0.15) is 22.2 Å². The summed E-state index contributed by atoms with van der Waals surface area (Å²) >= 11 is 0. The first kappa shape index (κ1) is 18.2. The lowest BCUT2D eigenvalue weighted by atomic mass is 9.91. The van der Waals surface area contributed by atoms with Gasteiger partial charge in [0, 0.05) is 0 Å². The van der Waals surface area contributed by atoms with Crippen molar-refractivity contribution in [2.75, 3.05) is 19.5 Å². The highest BCUT2D eigenvalue weighted by atomic mass is 16.5. The number of Topliss-reactive ketones (excluding diaryl/α,β-unsaturated/α-hetero) is 1. The van der Waals surface area contributed by atoms with Crippen LogP contribution in [0.4, 0.5) is 5.95 Å². The molecule has 0 amide bonds. The van der Waals surface area contributed by atoms with Crippen LogP contribution >= 0.6 is 0 Å². The number of aromatic nitrogens is 4. The number of anilines is 1. The number of methoxy groups -OCH3 is 2. The maximum Gasteiger partial charge on any atom is 0.355 e. The molecule has 1 aliphatic heterocycles. The van der Waals surface area contributed by atoms with Crippen molar-refractivity contribution in [1.82, 2.24) is 20.2 Å². The van der Waals surface area contributed by atoms with Gasteiger partial charge in [0.15, 0.2) is 17.3 Å². The van der Waals surface area contributed by atoms with E-state index in [4.69, 9.17) is 13.9 Å². The number of esters is 1. The molecule has 0 saturated heterocycles. The molecule has 2 aromatic heterocycles. The highest BCUT2D eigenvalue weighted by Gasteiger charge is 2.39. The van der Waals surface area contributed by atoms with Crippen LogP contribution in [0.15, 0.2) is 52.3 Å². The Balaban J connectivity index is 1.97. The van der Waals surface area contributed by atoms with Crippen LogP contribution in [0.2, 0.25) is 0 Å². The first-order valence-corrected chi connectivity index (χ1v) is 8.37. The zero-order chi connectivity index (χ0) is 20.5. The summed E-state index contributed by atoms with van der Waals surface area (Å²) in [5, 5.41) is 24.1. The third kappa shape index (κ3) is 2.98. The number of furan rings is 1. The van der Waals surface area contributed by atoms with Crippen molar-refractivity contribution in [3.05, 3.63) is 59.2 Å². The second-order valence-electron chi connectivity index (χ2n) is 5.99. The standard InChI is InChI=1S/C18H15N5O6/c1-27-12-8-9(5-6-10(12)24)15-13(16(25)11-4-3-7-29-11)14(17(26)28-2)19-18-20-21-22-23(15)18/h3-8,15,24H,1-2H3,(H,19,20,22)/t15-/m0/s1. The fraction of sp³-hybridized carbons (Fsp3) is 0.167. The largest absolute Gasteiger partial charge is 0.504 e. The number of allylic oxidation sites excluding steroid dienone is 1. The van der Waals surface area contributed by atoms with Gasteiger partial charge in [0.1, 0.15) is 11.7 Å². The lowest BCUT2D eigenvalue weighted by Crippen LogP contribution is -2.32. The van der Waals surface area contributed by atoms with Gasteiger partial charge in [0.2, 0.25) is 11.7 Å². The van der Waals surface area contributed by atoms with Crippen LogP contribution in [0.25, 0.3) is 0 Å². The van der Waals surface area contributed by atoms with Gasteiger partial charge in [-0.25, -0.2) is 4.79 Å². The molecule has 0 radical (unpaired) electrons. The molecule has 0 unspecified atom stereocenters. The van der Waals surface area contributed by atoms with Crippen molar-refractivity contribution in [3.63, 3.8) is 0 Å². The number of nitrogens with one attached hydrogen (secondary N) is 1. The molecule has 0 aliphatic carbocycles. The summed E-state index contributed by atoms with van der Waals surface area (Å²) in [6.45, 7) is 0. The van der Waals surface area contributed by atoms with Gasteiger partial charge in [0.25, 0.3) is 0 Å². The summed E-state index contributed by atoms with van der Waals surface area (Å²) in [6, 6.07) is 6.64. The Labute approximate surface area is 163 Å². The van der Waals surface area contributed by atoms with E-state index in [1.54, 1.807) is 12.1 Å². The van der Waals surface area contributed by atoms with E-state index in [1.165, 1.54) is 43.4 Å². The van der Waals surface area contributed by atoms with Crippen LogP contribution in [0.5, 0.6) is 11.5 Å². The van der Waals surface area contributed by atoms with Crippen molar-refractivity contribution in [3.8, 4) is 11.5 Å². The maximum atomic E-state index is 13.3. The number of phenols is 1. The second-order valence-corrected chi connectivity index (χ2v) is 5.99. The molecule has 3 heterocycles. The average Bonchev–Trinajstić information content (AvgIpc) is 3.43. The SMILES string of the molecule is COC(=O)C1=C(C(=O)c2ccco2)[C@H](c2ccc(O)c(OC)c2)n2nnnc2N1. The minimum absolute atomic E-state index is 0.0133. The molecule has 148 valence electrons. The van der Waals surface area contributed by atoms with Gasteiger partial charge >= 0.3 is 5.97 Å². The quantitative estimate of drug-likeness (QED) is 0.478. The third-order valence-electron chi connectivity index (χ3n) is 4.42. The number of aromatic hydroxyl groups is 1. The van der Waals surface area contributed by atoms with Gasteiger partial charge in [-0.15, -0.1) is 0 Å². The molecule has 11 heteroatoms. The number of phenolic OH excluding ortho intramolecular Hbond substituents is 1. The van der Waals surface area contributed by atoms with Crippen molar-refractivity contribution < 1.29 is 28.6 Å². The third-order valence-corrected chi connectivity index (χ3v) is 4.42. The number of hydrogen-bond acceptors (Lipinski definition) is 10. The molecule has 0 fully saturated rings. The number of ketones is 1. The Kier molecular flexibility index (Phi) is 4.47. The van der Waals surface area contributed by atoms with Gasteiger partial charge in [0.05, 0.1) is 26.1 Å². The van der Waals surface area contributed by atoms with Crippen LogP contribution in [0.3, 0.4) is 0 Å². The second kappa shape index (κ2) is 7.11.